The number of esters is 1. The minimum atomic E-state index is -0.372. The number of nitrogens with one attached hydrogen (secondary N) is 2. The molecule has 0 saturated heterocycles. The molecule has 7 heteroatoms. The maximum Gasteiger partial charge on any atom is 0.340 e. The van der Waals surface area contributed by atoms with Crippen molar-refractivity contribution in [2.45, 2.75) is 13.3 Å². The third-order valence-electron chi connectivity index (χ3n) is 2.85. The Morgan fingerprint density at radius 2 is 2.14 bits per heavy atom. The number of anilines is 2. The van der Waals surface area contributed by atoms with Crippen molar-refractivity contribution < 1.29 is 9.53 Å². The zero-order valence-corrected chi connectivity index (χ0v) is 15.3. The Morgan fingerprint density at radius 3 is 2.77 bits per heavy atom. The maximum absolute atomic E-state index is 11.8. The van der Waals surface area contributed by atoms with Crippen LogP contribution in [0.2, 0.25) is 0 Å². The summed E-state index contributed by atoms with van der Waals surface area (Å²) in [5, 5.41) is 7.27. The molecule has 0 radical (unpaired) electrons. The van der Waals surface area contributed by atoms with Crippen molar-refractivity contribution in [1.29, 1.82) is 0 Å². The van der Waals surface area contributed by atoms with Gasteiger partial charge in [-0.2, -0.15) is 0 Å². The zero-order valence-electron chi connectivity index (χ0n) is 12.1. The summed E-state index contributed by atoms with van der Waals surface area (Å²) < 4.78 is 5.77. The fourth-order valence-corrected chi connectivity index (χ4v) is 3.47. The van der Waals surface area contributed by atoms with Crippen molar-refractivity contribution in [2.24, 2.45) is 0 Å². The Morgan fingerprint density at radius 1 is 1.36 bits per heavy atom. The molecule has 116 valence electrons. The summed E-state index contributed by atoms with van der Waals surface area (Å²) in [5.41, 5.74) is 1.36. The predicted molar refractivity (Wildman–Crippen MR) is 99.0 cm³/mol. The third-order valence-corrected chi connectivity index (χ3v) is 4.74. The molecule has 0 aliphatic rings. The number of aryl methyl sites for hydroxylation is 1. The first-order valence-corrected chi connectivity index (χ1v) is 8.59. The summed E-state index contributed by atoms with van der Waals surface area (Å²) in [6.07, 6.45) is 0.849. The Kier molecular flexibility index (Phi) is 5.93. The molecule has 0 amide bonds. The largest absolute Gasteiger partial charge is 0.465 e. The van der Waals surface area contributed by atoms with Gasteiger partial charge in [0.25, 0.3) is 0 Å². The van der Waals surface area contributed by atoms with E-state index in [2.05, 4.69) is 26.6 Å². The maximum atomic E-state index is 11.8. The number of ether oxygens (including phenoxy) is 1. The molecular formula is C15H15BrN2O2S2. The molecule has 0 unspecified atom stereocenters. The van der Waals surface area contributed by atoms with Crippen LogP contribution in [0.3, 0.4) is 0 Å². The fourth-order valence-electron chi connectivity index (χ4n) is 1.80. The highest BCUT2D eigenvalue weighted by atomic mass is 79.9. The molecule has 0 atom stereocenters. The minimum absolute atomic E-state index is 0.372. The Balaban J connectivity index is 2.14. The normalized spacial score (nSPS) is 10.1. The number of thiophene rings is 1. The molecule has 0 saturated carbocycles. The quantitative estimate of drug-likeness (QED) is 0.578. The summed E-state index contributed by atoms with van der Waals surface area (Å²) in [5.74, 6) is -0.372. The zero-order chi connectivity index (χ0) is 16.1. The molecule has 0 bridgehead atoms. The Hall–Kier alpha value is -1.44. The lowest BCUT2D eigenvalue weighted by Gasteiger charge is -2.10. The molecule has 1 aromatic carbocycles. The molecule has 2 N–H and O–H groups in total. The minimum Gasteiger partial charge on any atom is -0.465 e. The summed E-state index contributed by atoms with van der Waals surface area (Å²) in [6.45, 7) is 2.04. The number of carbonyl (C=O) groups excluding carboxylic acids is 1. The highest BCUT2D eigenvalue weighted by Gasteiger charge is 2.17. The molecule has 2 aromatic rings. The van der Waals surface area contributed by atoms with Gasteiger partial charge in [0.1, 0.15) is 5.00 Å². The van der Waals surface area contributed by atoms with Crippen molar-refractivity contribution in [2.75, 3.05) is 17.7 Å². The lowest BCUT2D eigenvalue weighted by molar-refractivity contribution is 0.0602. The van der Waals surface area contributed by atoms with E-state index in [1.165, 1.54) is 18.4 Å². The number of methoxy groups -OCH3 is 1. The van der Waals surface area contributed by atoms with Gasteiger partial charge in [0.05, 0.1) is 12.7 Å². The number of hydrogen-bond donors (Lipinski definition) is 2. The van der Waals surface area contributed by atoms with E-state index in [0.717, 1.165) is 21.5 Å². The van der Waals surface area contributed by atoms with Gasteiger partial charge in [-0.05, 0) is 42.9 Å². The second-order valence-electron chi connectivity index (χ2n) is 4.39. The van der Waals surface area contributed by atoms with Crippen molar-refractivity contribution in [1.82, 2.24) is 0 Å². The lowest BCUT2D eigenvalue weighted by Crippen LogP contribution is -2.19. The average Bonchev–Trinajstić information content (AvgIpc) is 2.89. The molecule has 22 heavy (non-hydrogen) atoms. The lowest BCUT2D eigenvalue weighted by atomic mass is 10.2. The van der Waals surface area contributed by atoms with Crippen molar-refractivity contribution >= 4 is 61.3 Å². The third kappa shape index (κ3) is 4.28. The first kappa shape index (κ1) is 16.9. The second-order valence-corrected chi connectivity index (χ2v) is 6.85. The van der Waals surface area contributed by atoms with Crippen LogP contribution in [0.1, 0.15) is 22.2 Å². The molecule has 2 rings (SSSR count). The standard InChI is InChI=1S/C15H15BrN2O2S2/c1-3-11-8-12(14(19)20-2)13(22-11)18-15(21)17-10-6-4-5-9(16)7-10/h4-8H,3H2,1-2H3,(H2,17,18,21). The van der Waals surface area contributed by atoms with E-state index < -0.39 is 0 Å². The van der Waals surface area contributed by atoms with Gasteiger partial charge in [0, 0.05) is 15.0 Å². The van der Waals surface area contributed by atoms with Crippen molar-refractivity contribution in [3.05, 3.63) is 45.2 Å². The first-order chi connectivity index (χ1) is 10.5. The number of hydrogen-bond acceptors (Lipinski definition) is 4. The molecule has 4 nitrogen and oxygen atoms in total. The monoisotopic (exact) mass is 398 g/mol. The van der Waals surface area contributed by atoms with Crippen molar-refractivity contribution in [3.63, 3.8) is 0 Å². The highest BCUT2D eigenvalue weighted by Crippen LogP contribution is 2.29. The summed E-state index contributed by atoms with van der Waals surface area (Å²) in [6, 6.07) is 9.51. The molecular weight excluding hydrogens is 384 g/mol. The van der Waals surface area contributed by atoms with Crippen LogP contribution >= 0.6 is 39.5 Å². The van der Waals surface area contributed by atoms with Crippen LogP contribution in [0.5, 0.6) is 0 Å². The van der Waals surface area contributed by atoms with Crippen molar-refractivity contribution in [3.8, 4) is 0 Å². The van der Waals surface area contributed by atoms with Gasteiger partial charge in [0.2, 0.25) is 0 Å². The van der Waals surface area contributed by atoms with Crippen LogP contribution in [0.4, 0.5) is 10.7 Å². The van der Waals surface area contributed by atoms with Crippen LogP contribution in [-0.4, -0.2) is 18.2 Å². The average molecular weight is 399 g/mol. The van der Waals surface area contributed by atoms with Crippen LogP contribution in [0.15, 0.2) is 34.8 Å². The van der Waals surface area contributed by atoms with E-state index in [9.17, 15) is 4.79 Å². The molecule has 1 aromatic heterocycles. The summed E-state index contributed by atoms with van der Waals surface area (Å²) in [4.78, 5) is 12.9. The summed E-state index contributed by atoms with van der Waals surface area (Å²) >= 11 is 10.2. The first-order valence-electron chi connectivity index (χ1n) is 6.58. The van der Waals surface area contributed by atoms with Gasteiger partial charge in [-0.25, -0.2) is 4.79 Å². The predicted octanol–water partition coefficient (Wildman–Crippen LogP) is 4.67. The molecule has 0 fully saturated rings. The smallest absolute Gasteiger partial charge is 0.340 e. The van der Waals surface area contributed by atoms with Gasteiger partial charge < -0.3 is 15.4 Å². The molecule has 0 aliphatic heterocycles. The molecule has 0 aliphatic carbocycles. The van der Waals surface area contributed by atoms with Crippen LogP contribution < -0.4 is 10.6 Å². The van der Waals surface area contributed by atoms with E-state index in [4.69, 9.17) is 17.0 Å². The molecule has 0 spiro atoms. The summed E-state index contributed by atoms with van der Waals surface area (Å²) in [7, 11) is 1.37. The Labute approximate surface area is 147 Å². The van der Waals surface area contributed by atoms with Crippen LogP contribution in [-0.2, 0) is 11.2 Å². The van der Waals surface area contributed by atoms with E-state index in [1.54, 1.807) is 0 Å². The van der Waals surface area contributed by atoms with Crippen LogP contribution in [0.25, 0.3) is 0 Å². The van der Waals surface area contributed by atoms with Gasteiger partial charge in [-0.3, -0.25) is 0 Å². The van der Waals surface area contributed by atoms with Gasteiger partial charge in [-0.1, -0.05) is 28.9 Å². The van der Waals surface area contributed by atoms with E-state index >= 15 is 0 Å². The van der Waals surface area contributed by atoms with E-state index in [-0.39, 0.29) is 5.97 Å². The van der Waals surface area contributed by atoms with Crippen LogP contribution in [0, 0.1) is 0 Å². The molecule has 1 heterocycles. The highest BCUT2D eigenvalue weighted by molar-refractivity contribution is 9.10. The number of halogens is 1. The van der Waals surface area contributed by atoms with Gasteiger partial charge in [0.15, 0.2) is 5.11 Å². The number of benzene rings is 1. The second kappa shape index (κ2) is 7.71. The van der Waals surface area contributed by atoms with Gasteiger partial charge in [-0.15, -0.1) is 11.3 Å². The Bertz CT molecular complexity index is 701. The van der Waals surface area contributed by atoms with E-state index in [1.807, 2.05) is 37.3 Å². The number of carbonyl (C=O) groups is 1. The van der Waals surface area contributed by atoms with Gasteiger partial charge >= 0.3 is 5.97 Å². The SMILES string of the molecule is CCc1cc(C(=O)OC)c(NC(=S)Nc2cccc(Br)c2)s1. The fraction of sp³-hybridized carbons (Fsp3) is 0.200. The topological polar surface area (TPSA) is 50.4 Å². The number of thiocarbonyl (C=S) groups is 1. The number of rotatable bonds is 4. The van der Waals surface area contributed by atoms with E-state index in [0.29, 0.717) is 15.7 Å².